The third kappa shape index (κ3) is 8.88. The molecule has 0 radical (unpaired) electrons. The van der Waals surface area contributed by atoms with E-state index in [-0.39, 0.29) is 23.0 Å². The minimum absolute atomic E-state index is 0.0381. The average Bonchev–Trinajstić information content (AvgIpc) is 3.08. The lowest BCUT2D eigenvalue weighted by Gasteiger charge is -2.33. The Morgan fingerprint density at radius 1 is 0.804 bits per heavy atom. The first-order valence-electron chi connectivity index (χ1n) is 15.4. The van der Waals surface area contributed by atoms with Crippen LogP contribution in [0.15, 0.2) is 114 Å². The van der Waals surface area contributed by atoms with Gasteiger partial charge in [0.1, 0.15) is 29.8 Å². The Bertz CT molecular complexity index is 1670. The first-order valence-corrected chi connectivity index (χ1v) is 16.8. The van der Waals surface area contributed by atoms with Crippen molar-refractivity contribution in [3.63, 3.8) is 0 Å². The Morgan fingerprint density at radius 3 is 2.07 bits per heavy atom. The first kappa shape index (κ1) is 34.1. The summed E-state index contributed by atoms with van der Waals surface area (Å²) in [6.45, 7) is 3.90. The summed E-state index contributed by atoms with van der Waals surface area (Å²) in [6, 6.07) is 30.1. The van der Waals surface area contributed by atoms with Gasteiger partial charge in [0.05, 0.1) is 17.7 Å². The minimum atomic E-state index is -4.18. The van der Waals surface area contributed by atoms with E-state index in [1.165, 1.54) is 17.0 Å². The fourth-order valence-corrected chi connectivity index (χ4v) is 6.38. The van der Waals surface area contributed by atoms with Gasteiger partial charge in [0, 0.05) is 13.1 Å². The lowest BCUT2D eigenvalue weighted by molar-refractivity contribution is -0.140. The maximum Gasteiger partial charge on any atom is 0.264 e. The van der Waals surface area contributed by atoms with Crippen LogP contribution in [0.4, 0.5) is 5.69 Å². The molecule has 10 heteroatoms. The van der Waals surface area contributed by atoms with Crippen molar-refractivity contribution in [2.24, 2.45) is 0 Å². The molecular formula is C36H41N3O6S. The van der Waals surface area contributed by atoms with E-state index in [4.69, 9.17) is 9.47 Å². The van der Waals surface area contributed by atoms with Crippen LogP contribution in [-0.4, -0.2) is 51.4 Å². The molecule has 46 heavy (non-hydrogen) atoms. The third-order valence-corrected chi connectivity index (χ3v) is 9.20. The summed E-state index contributed by atoms with van der Waals surface area (Å²) in [7, 11) is -2.63. The van der Waals surface area contributed by atoms with Crippen molar-refractivity contribution in [1.29, 1.82) is 0 Å². The van der Waals surface area contributed by atoms with Gasteiger partial charge in [0.15, 0.2) is 0 Å². The second-order valence-electron chi connectivity index (χ2n) is 10.7. The van der Waals surface area contributed by atoms with Gasteiger partial charge in [-0.1, -0.05) is 68.8 Å². The van der Waals surface area contributed by atoms with Gasteiger partial charge < -0.3 is 19.7 Å². The summed E-state index contributed by atoms with van der Waals surface area (Å²) >= 11 is 0. The van der Waals surface area contributed by atoms with Crippen molar-refractivity contribution in [1.82, 2.24) is 10.2 Å². The number of anilines is 1. The number of nitrogens with one attached hydrogen (secondary N) is 1. The van der Waals surface area contributed by atoms with Crippen LogP contribution in [0.5, 0.6) is 17.2 Å². The Kier molecular flexibility index (Phi) is 12.2. The topological polar surface area (TPSA) is 105 Å². The van der Waals surface area contributed by atoms with Crippen molar-refractivity contribution in [3.05, 3.63) is 115 Å². The molecule has 1 N–H and O–H groups in total. The van der Waals surface area contributed by atoms with Crippen LogP contribution in [0.25, 0.3) is 0 Å². The molecule has 0 saturated heterocycles. The van der Waals surface area contributed by atoms with E-state index in [2.05, 4.69) is 5.32 Å². The standard InChI is InChI=1S/C36H41N3O6S/c1-4-6-24-37-36(41)34(5-2)38(26-28-14-13-17-32(25-28)44-3)35(40)27-39(46(42,43)33-18-11-8-12-19-33)29-20-22-31(23-21-29)45-30-15-9-7-10-16-30/h7-23,25,34H,4-6,24,26-27H2,1-3H3,(H,37,41)/t34-/m1/s1. The van der Waals surface area contributed by atoms with E-state index in [1.807, 2.05) is 56.3 Å². The zero-order valence-electron chi connectivity index (χ0n) is 26.5. The smallest absolute Gasteiger partial charge is 0.264 e. The van der Waals surface area contributed by atoms with Crippen LogP contribution in [0, 0.1) is 0 Å². The van der Waals surface area contributed by atoms with Crippen molar-refractivity contribution in [2.45, 2.75) is 50.6 Å². The van der Waals surface area contributed by atoms with Crippen molar-refractivity contribution in [3.8, 4) is 17.2 Å². The van der Waals surface area contributed by atoms with Gasteiger partial charge >= 0.3 is 0 Å². The second kappa shape index (κ2) is 16.5. The summed E-state index contributed by atoms with van der Waals surface area (Å²) < 4.78 is 40.5. The van der Waals surface area contributed by atoms with E-state index in [0.717, 1.165) is 22.7 Å². The maximum atomic E-state index is 14.3. The fraction of sp³-hybridized carbons (Fsp3) is 0.278. The molecular weight excluding hydrogens is 602 g/mol. The van der Waals surface area contributed by atoms with E-state index in [1.54, 1.807) is 61.7 Å². The highest BCUT2D eigenvalue weighted by Crippen LogP contribution is 2.29. The van der Waals surface area contributed by atoms with Gasteiger partial charge in [0.2, 0.25) is 11.8 Å². The molecule has 1 atom stereocenters. The molecule has 0 aliphatic carbocycles. The minimum Gasteiger partial charge on any atom is -0.497 e. The maximum absolute atomic E-state index is 14.3. The quantitative estimate of drug-likeness (QED) is 0.142. The molecule has 4 rings (SSSR count). The molecule has 0 aromatic heterocycles. The number of benzene rings is 4. The number of unbranched alkanes of at least 4 members (excludes halogenated alkanes) is 1. The van der Waals surface area contributed by atoms with Crippen LogP contribution in [0.1, 0.15) is 38.7 Å². The number of nitrogens with zero attached hydrogens (tertiary/aromatic N) is 2. The molecule has 0 unspecified atom stereocenters. The predicted octanol–water partition coefficient (Wildman–Crippen LogP) is 6.41. The number of hydrogen-bond donors (Lipinski definition) is 1. The molecule has 4 aromatic rings. The molecule has 2 amide bonds. The Morgan fingerprint density at radius 2 is 1.43 bits per heavy atom. The highest BCUT2D eigenvalue weighted by molar-refractivity contribution is 7.92. The van der Waals surface area contributed by atoms with Crippen LogP contribution < -0.4 is 19.1 Å². The van der Waals surface area contributed by atoms with Gasteiger partial charge in [-0.3, -0.25) is 13.9 Å². The van der Waals surface area contributed by atoms with Gasteiger partial charge in [-0.25, -0.2) is 8.42 Å². The zero-order chi connectivity index (χ0) is 32.9. The van der Waals surface area contributed by atoms with Gasteiger partial charge in [-0.15, -0.1) is 0 Å². The number of carbonyl (C=O) groups is 2. The number of carbonyl (C=O) groups excluding carboxylic acids is 2. The summed E-state index contributed by atoms with van der Waals surface area (Å²) in [4.78, 5) is 29.2. The van der Waals surface area contributed by atoms with E-state index in [9.17, 15) is 18.0 Å². The Balaban J connectivity index is 1.70. The lowest BCUT2D eigenvalue weighted by Crippen LogP contribution is -2.52. The van der Waals surface area contributed by atoms with Crippen molar-refractivity contribution < 1.29 is 27.5 Å². The number of rotatable bonds is 16. The summed E-state index contributed by atoms with van der Waals surface area (Å²) in [5, 5.41) is 2.94. The molecule has 0 bridgehead atoms. The molecule has 0 spiro atoms. The lowest BCUT2D eigenvalue weighted by atomic mass is 10.1. The SMILES string of the molecule is CCCCNC(=O)[C@@H](CC)N(Cc1cccc(OC)c1)C(=O)CN(c1ccc(Oc2ccccc2)cc1)S(=O)(=O)c1ccccc1. The molecule has 0 saturated carbocycles. The van der Waals surface area contributed by atoms with Gasteiger partial charge in [0.25, 0.3) is 10.0 Å². The number of para-hydroxylation sites is 1. The highest BCUT2D eigenvalue weighted by Gasteiger charge is 2.33. The first-order chi connectivity index (χ1) is 22.3. The number of ether oxygens (including phenoxy) is 2. The van der Waals surface area contributed by atoms with Crippen LogP contribution in [-0.2, 0) is 26.2 Å². The zero-order valence-corrected chi connectivity index (χ0v) is 27.3. The normalized spacial score (nSPS) is 11.7. The van der Waals surface area contributed by atoms with Crippen molar-refractivity contribution in [2.75, 3.05) is 24.5 Å². The molecule has 242 valence electrons. The summed E-state index contributed by atoms with van der Waals surface area (Å²) in [5.41, 5.74) is 1.02. The van der Waals surface area contributed by atoms with Gasteiger partial charge in [-0.05, 0) is 79.1 Å². The molecule has 4 aromatic carbocycles. The van der Waals surface area contributed by atoms with Crippen LogP contribution >= 0.6 is 0 Å². The fourth-order valence-electron chi connectivity index (χ4n) is 4.95. The van der Waals surface area contributed by atoms with E-state index >= 15 is 0 Å². The Hall–Kier alpha value is -4.83. The average molecular weight is 644 g/mol. The summed E-state index contributed by atoms with van der Waals surface area (Å²) in [6.07, 6.45) is 2.05. The molecule has 0 aliphatic heterocycles. The van der Waals surface area contributed by atoms with Crippen molar-refractivity contribution >= 4 is 27.5 Å². The highest BCUT2D eigenvalue weighted by atomic mass is 32.2. The van der Waals surface area contributed by atoms with Gasteiger partial charge in [-0.2, -0.15) is 0 Å². The Labute approximate surface area is 271 Å². The predicted molar refractivity (Wildman–Crippen MR) is 179 cm³/mol. The largest absolute Gasteiger partial charge is 0.497 e. The van der Waals surface area contributed by atoms with E-state index < -0.39 is 28.5 Å². The van der Waals surface area contributed by atoms with E-state index in [0.29, 0.717) is 30.2 Å². The van der Waals surface area contributed by atoms with Crippen LogP contribution in [0.3, 0.4) is 0 Å². The molecule has 0 fully saturated rings. The number of sulfonamides is 1. The monoisotopic (exact) mass is 643 g/mol. The second-order valence-corrected chi connectivity index (χ2v) is 12.5. The number of methoxy groups -OCH3 is 1. The molecule has 0 heterocycles. The summed E-state index contributed by atoms with van der Waals surface area (Å²) in [5.74, 6) is 0.941. The molecule has 9 nitrogen and oxygen atoms in total. The number of hydrogen-bond acceptors (Lipinski definition) is 6. The number of amides is 2. The molecule has 0 aliphatic rings. The van der Waals surface area contributed by atoms with Crippen LogP contribution in [0.2, 0.25) is 0 Å². The third-order valence-electron chi connectivity index (χ3n) is 7.42.